The SMILES string of the molecule is CCC(C)NC(=NC)NCc1cccc(NC(=O)C2CCCO2)c1. The first-order valence-electron chi connectivity index (χ1n) is 8.61. The van der Waals surface area contributed by atoms with Crippen LogP contribution in [0.25, 0.3) is 0 Å². The summed E-state index contributed by atoms with van der Waals surface area (Å²) >= 11 is 0. The van der Waals surface area contributed by atoms with Crippen LogP contribution in [0.3, 0.4) is 0 Å². The number of carbonyl (C=O) groups is 1. The minimum Gasteiger partial charge on any atom is -0.368 e. The molecule has 3 N–H and O–H groups in total. The van der Waals surface area contributed by atoms with Crippen molar-refractivity contribution in [3.05, 3.63) is 29.8 Å². The lowest BCUT2D eigenvalue weighted by Crippen LogP contribution is -2.41. The monoisotopic (exact) mass is 332 g/mol. The van der Waals surface area contributed by atoms with Gasteiger partial charge in [-0.25, -0.2) is 0 Å². The van der Waals surface area contributed by atoms with E-state index in [2.05, 4.69) is 34.8 Å². The predicted octanol–water partition coefficient (Wildman–Crippen LogP) is 2.27. The summed E-state index contributed by atoms with van der Waals surface area (Å²) in [5, 5.41) is 9.54. The van der Waals surface area contributed by atoms with E-state index in [9.17, 15) is 4.79 Å². The van der Waals surface area contributed by atoms with Crippen LogP contribution in [-0.2, 0) is 16.1 Å². The number of nitrogens with zero attached hydrogens (tertiary/aromatic N) is 1. The Balaban J connectivity index is 1.88. The quantitative estimate of drug-likeness (QED) is 0.552. The fourth-order valence-electron chi connectivity index (χ4n) is 2.48. The summed E-state index contributed by atoms with van der Waals surface area (Å²) in [5.74, 6) is 0.713. The molecule has 1 aliphatic rings. The van der Waals surface area contributed by atoms with Gasteiger partial charge in [-0.05, 0) is 43.9 Å². The van der Waals surface area contributed by atoms with E-state index in [1.165, 1.54) is 0 Å². The first-order valence-corrected chi connectivity index (χ1v) is 8.61. The number of nitrogens with one attached hydrogen (secondary N) is 3. The second-order valence-electron chi connectivity index (χ2n) is 6.07. The zero-order chi connectivity index (χ0) is 17.4. The van der Waals surface area contributed by atoms with Crippen LogP contribution < -0.4 is 16.0 Å². The summed E-state index contributed by atoms with van der Waals surface area (Å²) < 4.78 is 5.41. The maximum Gasteiger partial charge on any atom is 0.253 e. The van der Waals surface area contributed by atoms with Crippen molar-refractivity contribution < 1.29 is 9.53 Å². The smallest absolute Gasteiger partial charge is 0.253 e. The van der Waals surface area contributed by atoms with E-state index < -0.39 is 0 Å². The van der Waals surface area contributed by atoms with E-state index in [1.807, 2.05) is 24.3 Å². The van der Waals surface area contributed by atoms with Crippen LogP contribution in [-0.4, -0.2) is 37.7 Å². The van der Waals surface area contributed by atoms with Crippen molar-refractivity contribution in [3.8, 4) is 0 Å². The Morgan fingerprint density at radius 2 is 2.29 bits per heavy atom. The molecule has 1 aliphatic heterocycles. The topological polar surface area (TPSA) is 74.8 Å². The normalized spacial score (nSPS) is 19.0. The average Bonchev–Trinajstić information content (AvgIpc) is 3.13. The van der Waals surface area contributed by atoms with Gasteiger partial charge >= 0.3 is 0 Å². The third kappa shape index (κ3) is 5.53. The summed E-state index contributed by atoms with van der Waals surface area (Å²) in [6, 6.07) is 8.19. The standard InChI is InChI=1S/C18H28N4O2/c1-4-13(2)21-18(19-3)20-12-14-7-5-8-15(11-14)22-17(23)16-9-6-10-24-16/h5,7-8,11,13,16H,4,6,9-10,12H2,1-3H3,(H,22,23)(H2,19,20,21). The molecule has 0 aliphatic carbocycles. The molecule has 2 rings (SSSR count). The van der Waals surface area contributed by atoms with Crippen LogP contribution in [0.2, 0.25) is 0 Å². The van der Waals surface area contributed by atoms with Crippen molar-refractivity contribution in [1.82, 2.24) is 10.6 Å². The molecule has 0 radical (unpaired) electrons. The molecule has 1 aromatic carbocycles. The number of hydrogen-bond donors (Lipinski definition) is 3. The molecule has 2 atom stereocenters. The van der Waals surface area contributed by atoms with Gasteiger partial charge in [-0.1, -0.05) is 19.1 Å². The van der Waals surface area contributed by atoms with Gasteiger partial charge < -0.3 is 20.7 Å². The minimum atomic E-state index is -0.315. The molecule has 2 unspecified atom stereocenters. The van der Waals surface area contributed by atoms with Crippen LogP contribution >= 0.6 is 0 Å². The largest absolute Gasteiger partial charge is 0.368 e. The second kappa shape index (κ2) is 9.27. The van der Waals surface area contributed by atoms with Gasteiger partial charge in [0, 0.05) is 31.9 Å². The molecule has 0 bridgehead atoms. The zero-order valence-corrected chi connectivity index (χ0v) is 14.8. The molecule has 0 aromatic heterocycles. The third-order valence-electron chi connectivity index (χ3n) is 4.10. The number of rotatable bonds is 6. The highest BCUT2D eigenvalue weighted by Gasteiger charge is 2.23. The Bertz CT molecular complexity index is 568. The van der Waals surface area contributed by atoms with Gasteiger partial charge in [0.05, 0.1) is 0 Å². The molecular weight excluding hydrogens is 304 g/mol. The van der Waals surface area contributed by atoms with Gasteiger partial charge in [-0.15, -0.1) is 0 Å². The number of anilines is 1. The van der Waals surface area contributed by atoms with E-state index in [4.69, 9.17) is 4.74 Å². The number of carbonyl (C=O) groups excluding carboxylic acids is 1. The summed E-state index contributed by atoms with van der Waals surface area (Å²) in [6.07, 6.45) is 2.46. The lowest BCUT2D eigenvalue weighted by Gasteiger charge is -2.17. The average molecular weight is 332 g/mol. The number of hydrogen-bond acceptors (Lipinski definition) is 3. The second-order valence-corrected chi connectivity index (χ2v) is 6.07. The zero-order valence-electron chi connectivity index (χ0n) is 14.8. The number of aliphatic imine (C=N–C) groups is 1. The van der Waals surface area contributed by atoms with Crippen LogP contribution in [0.5, 0.6) is 0 Å². The van der Waals surface area contributed by atoms with Crippen LogP contribution in [0.15, 0.2) is 29.3 Å². The van der Waals surface area contributed by atoms with Gasteiger partial charge in [-0.2, -0.15) is 0 Å². The maximum absolute atomic E-state index is 12.1. The van der Waals surface area contributed by atoms with Crippen LogP contribution in [0.1, 0.15) is 38.7 Å². The lowest BCUT2D eigenvalue weighted by atomic mass is 10.2. The molecule has 6 heteroatoms. The first-order chi connectivity index (χ1) is 11.6. The molecule has 1 fully saturated rings. The lowest BCUT2D eigenvalue weighted by molar-refractivity contribution is -0.124. The van der Waals surface area contributed by atoms with E-state index >= 15 is 0 Å². The summed E-state index contributed by atoms with van der Waals surface area (Å²) in [5.41, 5.74) is 1.87. The Hall–Kier alpha value is -2.08. The van der Waals surface area contributed by atoms with Gasteiger partial charge in [-0.3, -0.25) is 9.79 Å². The fourth-order valence-corrected chi connectivity index (χ4v) is 2.48. The van der Waals surface area contributed by atoms with Crippen LogP contribution in [0.4, 0.5) is 5.69 Å². The molecule has 0 spiro atoms. The molecule has 1 aromatic rings. The summed E-state index contributed by atoms with van der Waals surface area (Å²) in [4.78, 5) is 16.3. The Morgan fingerprint density at radius 3 is 2.96 bits per heavy atom. The maximum atomic E-state index is 12.1. The highest BCUT2D eigenvalue weighted by molar-refractivity contribution is 5.94. The molecule has 0 saturated carbocycles. The molecule has 1 amide bonds. The molecule has 1 saturated heterocycles. The van der Waals surface area contributed by atoms with E-state index in [0.29, 0.717) is 19.2 Å². The van der Waals surface area contributed by atoms with Crippen molar-refractivity contribution in [1.29, 1.82) is 0 Å². The highest BCUT2D eigenvalue weighted by atomic mass is 16.5. The van der Waals surface area contributed by atoms with E-state index in [-0.39, 0.29) is 12.0 Å². The van der Waals surface area contributed by atoms with Gasteiger partial charge in [0.15, 0.2) is 5.96 Å². The number of guanidine groups is 1. The molecule has 132 valence electrons. The molecule has 1 heterocycles. The Kier molecular flexibility index (Phi) is 7.06. The highest BCUT2D eigenvalue weighted by Crippen LogP contribution is 2.16. The van der Waals surface area contributed by atoms with Crippen molar-refractivity contribution in [3.63, 3.8) is 0 Å². The van der Waals surface area contributed by atoms with Crippen molar-refractivity contribution in [2.24, 2.45) is 4.99 Å². The summed E-state index contributed by atoms with van der Waals surface area (Å²) in [6.45, 7) is 5.56. The van der Waals surface area contributed by atoms with Gasteiger partial charge in [0.25, 0.3) is 5.91 Å². The molecule has 24 heavy (non-hydrogen) atoms. The molecular formula is C18H28N4O2. The van der Waals surface area contributed by atoms with E-state index in [0.717, 1.165) is 36.5 Å². The van der Waals surface area contributed by atoms with E-state index in [1.54, 1.807) is 7.05 Å². The van der Waals surface area contributed by atoms with Gasteiger partial charge in [0.1, 0.15) is 6.10 Å². The van der Waals surface area contributed by atoms with Crippen molar-refractivity contribution >= 4 is 17.6 Å². The van der Waals surface area contributed by atoms with Gasteiger partial charge in [0.2, 0.25) is 0 Å². The number of ether oxygens (including phenoxy) is 1. The van der Waals surface area contributed by atoms with Crippen molar-refractivity contribution in [2.75, 3.05) is 19.0 Å². The molecule has 6 nitrogen and oxygen atoms in total. The third-order valence-corrected chi connectivity index (χ3v) is 4.10. The Labute approximate surface area is 144 Å². The predicted molar refractivity (Wildman–Crippen MR) is 97.1 cm³/mol. The first kappa shape index (κ1) is 18.3. The fraction of sp³-hybridized carbons (Fsp3) is 0.556. The number of amides is 1. The summed E-state index contributed by atoms with van der Waals surface area (Å²) in [7, 11) is 1.76. The van der Waals surface area contributed by atoms with Crippen molar-refractivity contribution in [2.45, 2.75) is 51.8 Å². The Morgan fingerprint density at radius 1 is 1.46 bits per heavy atom. The van der Waals surface area contributed by atoms with Crippen LogP contribution in [0, 0.1) is 0 Å². The number of benzene rings is 1. The minimum absolute atomic E-state index is 0.0631.